The number of hydrogen-bond acceptors (Lipinski definition) is 3. The van der Waals surface area contributed by atoms with Crippen LogP contribution in [-0.4, -0.2) is 29.0 Å². The van der Waals surface area contributed by atoms with Gasteiger partial charge in [0.2, 0.25) is 0 Å². The summed E-state index contributed by atoms with van der Waals surface area (Å²) in [6.45, 7) is 2.04. The Morgan fingerprint density at radius 2 is 0.778 bits per heavy atom. The van der Waals surface area contributed by atoms with E-state index in [4.69, 9.17) is 15.9 Å². The Labute approximate surface area is 176 Å². The van der Waals surface area contributed by atoms with Crippen LogP contribution in [0.2, 0.25) is 0 Å². The molecular weight excluding hydrogens is 358 g/mol. The second-order valence-electron chi connectivity index (χ2n) is 8.44. The van der Waals surface area contributed by atoms with Crippen molar-refractivity contribution >= 4 is 12.4 Å². The third-order valence-corrected chi connectivity index (χ3v) is 5.66. The maximum Gasteiger partial charge on any atom is 0.0633 e. The highest BCUT2D eigenvalue weighted by Crippen LogP contribution is 2.16. The standard InChI is InChI=1S/C23H49NO2.ClH/c1-2-3-4-5-6-7-8-9-10-11-12-13-14-15-16-17-18-19-20-23(24,21-25)22-26;/h25-26H,2-22,24H2,1H3;1H. The predicted molar refractivity (Wildman–Crippen MR) is 122 cm³/mol. The van der Waals surface area contributed by atoms with Gasteiger partial charge in [0, 0.05) is 0 Å². The third-order valence-electron chi connectivity index (χ3n) is 5.66. The largest absolute Gasteiger partial charge is 0.394 e. The molecule has 0 aromatic heterocycles. The molecule has 0 saturated carbocycles. The summed E-state index contributed by atoms with van der Waals surface area (Å²) in [5.41, 5.74) is 5.10. The number of nitrogens with two attached hydrogens (primary N) is 1. The number of aliphatic hydroxyl groups excluding tert-OH is 2. The Kier molecular flexibility index (Phi) is 24.4. The zero-order valence-corrected chi connectivity index (χ0v) is 19.0. The summed E-state index contributed by atoms with van der Waals surface area (Å²) in [6, 6.07) is 0. The summed E-state index contributed by atoms with van der Waals surface area (Å²) in [7, 11) is 0. The summed E-state index contributed by atoms with van der Waals surface area (Å²) in [5.74, 6) is 0. The van der Waals surface area contributed by atoms with Gasteiger partial charge in [-0.05, 0) is 6.42 Å². The van der Waals surface area contributed by atoms with Crippen LogP contribution in [0.25, 0.3) is 0 Å². The van der Waals surface area contributed by atoms with Gasteiger partial charge in [-0.15, -0.1) is 12.4 Å². The fourth-order valence-corrected chi connectivity index (χ4v) is 3.59. The summed E-state index contributed by atoms with van der Waals surface area (Å²) in [6.07, 6.45) is 25.3. The van der Waals surface area contributed by atoms with Gasteiger partial charge in [0.15, 0.2) is 0 Å². The molecule has 3 nitrogen and oxygen atoms in total. The van der Waals surface area contributed by atoms with Crippen LogP contribution in [-0.2, 0) is 0 Å². The summed E-state index contributed by atoms with van der Waals surface area (Å²) in [4.78, 5) is 0. The number of unbranched alkanes of at least 4 members (excludes halogenated alkanes) is 17. The molecule has 0 saturated heterocycles. The lowest BCUT2D eigenvalue weighted by Crippen LogP contribution is -2.47. The normalized spacial score (nSPS) is 11.6. The molecule has 0 aromatic rings. The van der Waals surface area contributed by atoms with Gasteiger partial charge in [-0.1, -0.05) is 122 Å². The van der Waals surface area contributed by atoms with Crippen LogP contribution in [0.4, 0.5) is 0 Å². The molecule has 0 aliphatic heterocycles. The zero-order valence-electron chi connectivity index (χ0n) is 18.2. The Morgan fingerprint density at radius 1 is 0.519 bits per heavy atom. The van der Waals surface area contributed by atoms with E-state index in [-0.39, 0.29) is 25.6 Å². The lowest BCUT2D eigenvalue weighted by molar-refractivity contribution is 0.112. The first-order valence-corrected chi connectivity index (χ1v) is 11.7. The highest BCUT2D eigenvalue weighted by atomic mass is 35.5. The van der Waals surface area contributed by atoms with Crippen LogP contribution in [0.3, 0.4) is 0 Å². The molecule has 0 bridgehead atoms. The van der Waals surface area contributed by atoms with Crippen LogP contribution < -0.4 is 5.73 Å². The Balaban J connectivity index is 0. The van der Waals surface area contributed by atoms with Crippen molar-refractivity contribution in [1.29, 1.82) is 0 Å². The highest BCUT2D eigenvalue weighted by Gasteiger charge is 2.21. The molecule has 0 radical (unpaired) electrons. The van der Waals surface area contributed by atoms with E-state index in [0.29, 0.717) is 0 Å². The van der Waals surface area contributed by atoms with Crippen LogP contribution >= 0.6 is 12.4 Å². The minimum atomic E-state index is -0.769. The molecule has 0 atom stereocenters. The molecule has 4 N–H and O–H groups in total. The first-order chi connectivity index (χ1) is 12.7. The molecule has 0 aromatic carbocycles. The molecule has 0 aliphatic carbocycles. The molecule has 4 heteroatoms. The van der Waals surface area contributed by atoms with Gasteiger partial charge in [-0.3, -0.25) is 0 Å². The molecule has 166 valence electrons. The quantitative estimate of drug-likeness (QED) is 0.190. The summed E-state index contributed by atoms with van der Waals surface area (Å²) in [5, 5.41) is 18.3. The van der Waals surface area contributed by atoms with Crippen molar-refractivity contribution in [3.63, 3.8) is 0 Å². The monoisotopic (exact) mass is 407 g/mol. The fourth-order valence-electron chi connectivity index (χ4n) is 3.59. The Hall–Kier alpha value is 0.170. The van der Waals surface area contributed by atoms with Crippen LogP contribution in [0.15, 0.2) is 0 Å². The molecule has 0 aliphatic rings. The van der Waals surface area contributed by atoms with E-state index in [9.17, 15) is 0 Å². The second kappa shape index (κ2) is 22.5. The first-order valence-electron chi connectivity index (χ1n) is 11.7. The SMILES string of the molecule is CCCCCCCCCCCCCCCCCCCCC(N)(CO)CO.Cl. The van der Waals surface area contributed by atoms with Crippen molar-refractivity contribution < 1.29 is 10.2 Å². The van der Waals surface area contributed by atoms with E-state index >= 15 is 0 Å². The van der Waals surface area contributed by atoms with E-state index in [1.54, 1.807) is 0 Å². The molecule has 0 unspecified atom stereocenters. The highest BCUT2D eigenvalue weighted by molar-refractivity contribution is 5.85. The van der Waals surface area contributed by atoms with Crippen LogP contribution in [0, 0.1) is 0 Å². The van der Waals surface area contributed by atoms with Crippen LogP contribution in [0.5, 0.6) is 0 Å². The molecule has 27 heavy (non-hydrogen) atoms. The van der Waals surface area contributed by atoms with Crippen LogP contribution in [0.1, 0.15) is 129 Å². The third kappa shape index (κ3) is 20.7. The van der Waals surface area contributed by atoms with Gasteiger partial charge in [0.05, 0.1) is 18.8 Å². The topological polar surface area (TPSA) is 66.5 Å². The van der Waals surface area contributed by atoms with Gasteiger partial charge in [-0.2, -0.15) is 0 Å². The van der Waals surface area contributed by atoms with Crippen molar-refractivity contribution in [2.24, 2.45) is 5.73 Å². The average molecular weight is 408 g/mol. The Bertz CT molecular complexity index is 273. The maximum absolute atomic E-state index is 9.14. The van der Waals surface area contributed by atoms with E-state index in [0.717, 1.165) is 19.3 Å². The van der Waals surface area contributed by atoms with Gasteiger partial charge in [0.1, 0.15) is 0 Å². The van der Waals surface area contributed by atoms with E-state index in [1.165, 1.54) is 103 Å². The van der Waals surface area contributed by atoms with Gasteiger partial charge >= 0.3 is 0 Å². The Morgan fingerprint density at radius 3 is 1.04 bits per heavy atom. The van der Waals surface area contributed by atoms with E-state index < -0.39 is 5.54 Å². The van der Waals surface area contributed by atoms with Crippen molar-refractivity contribution in [1.82, 2.24) is 0 Å². The number of halogens is 1. The smallest absolute Gasteiger partial charge is 0.0633 e. The van der Waals surface area contributed by atoms with Crippen molar-refractivity contribution in [2.45, 2.75) is 134 Å². The predicted octanol–water partition coefficient (Wildman–Crippen LogP) is 6.52. The first kappa shape index (κ1) is 29.4. The van der Waals surface area contributed by atoms with Crippen molar-refractivity contribution in [2.75, 3.05) is 13.2 Å². The van der Waals surface area contributed by atoms with Crippen molar-refractivity contribution in [3.8, 4) is 0 Å². The summed E-state index contributed by atoms with van der Waals surface area (Å²) >= 11 is 0. The van der Waals surface area contributed by atoms with Gasteiger partial charge < -0.3 is 15.9 Å². The van der Waals surface area contributed by atoms with Crippen molar-refractivity contribution in [3.05, 3.63) is 0 Å². The lowest BCUT2D eigenvalue weighted by atomic mass is 9.94. The van der Waals surface area contributed by atoms with Gasteiger partial charge in [0.25, 0.3) is 0 Å². The maximum atomic E-state index is 9.14. The van der Waals surface area contributed by atoms with E-state index in [2.05, 4.69) is 6.92 Å². The molecule has 0 rings (SSSR count). The average Bonchev–Trinajstić information content (AvgIpc) is 2.66. The number of rotatable bonds is 21. The molecular formula is C23H50ClNO2. The summed E-state index contributed by atoms with van der Waals surface area (Å²) < 4.78 is 0. The van der Waals surface area contributed by atoms with E-state index in [1.807, 2.05) is 0 Å². The number of aliphatic hydroxyl groups is 2. The van der Waals surface area contributed by atoms with Gasteiger partial charge in [-0.25, -0.2) is 0 Å². The minimum absolute atomic E-state index is 0. The lowest BCUT2D eigenvalue weighted by Gasteiger charge is -2.24. The molecule has 0 amide bonds. The fraction of sp³-hybridized carbons (Fsp3) is 1.00. The molecule has 0 heterocycles. The minimum Gasteiger partial charge on any atom is -0.394 e. The number of hydrogen-bond donors (Lipinski definition) is 3. The molecule has 0 fully saturated rings. The molecule has 0 spiro atoms. The second-order valence-corrected chi connectivity index (χ2v) is 8.44. The zero-order chi connectivity index (χ0) is 19.3.